The van der Waals surface area contributed by atoms with Gasteiger partial charge in [0.05, 0.1) is 5.56 Å². The number of carbonyl (C=O) groups is 1. The Balaban J connectivity index is 2.19. The molecule has 0 aliphatic carbocycles. The highest BCUT2D eigenvalue weighted by molar-refractivity contribution is 9.10. The van der Waals surface area contributed by atoms with Crippen molar-refractivity contribution < 1.29 is 4.79 Å². The van der Waals surface area contributed by atoms with Gasteiger partial charge in [-0.3, -0.25) is 4.79 Å². The lowest BCUT2D eigenvalue weighted by molar-refractivity contribution is 0.0782. The van der Waals surface area contributed by atoms with Crippen LogP contribution in [0.4, 0.5) is 0 Å². The Bertz CT molecular complexity index is 648. The first-order valence-corrected chi connectivity index (χ1v) is 7.58. The van der Waals surface area contributed by atoms with E-state index in [1.165, 1.54) is 0 Å². The first-order valence-electron chi connectivity index (χ1n) is 5.96. The minimum Gasteiger partial charge on any atom is -0.337 e. The Kier molecular flexibility index (Phi) is 5.13. The molecule has 5 heteroatoms. The minimum atomic E-state index is -0.0811. The Morgan fingerprint density at radius 2 is 2.00 bits per heavy atom. The van der Waals surface area contributed by atoms with Gasteiger partial charge in [-0.25, -0.2) is 0 Å². The van der Waals surface area contributed by atoms with Crippen LogP contribution in [-0.2, 0) is 6.54 Å². The number of hydrogen-bond donors (Lipinski definition) is 1. The number of benzene rings is 2. The van der Waals surface area contributed by atoms with Crippen LogP contribution in [0.1, 0.15) is 15.9 Å². The summed E-state index contributed by atoms with van der Waals surface area (Å²) in [6.45, 7) is 0.460. The molecule has 0 aromatic heterocycles. The average Bonchev–Trinajstić information content (AvgIpc) is 2.40. The number of nitrogens with zero attached hydrogens (tertiary/aromatic N) is 1. The van der Waals surface area contributed by atoms with Crippen molar-refractivity contribution >= 4 is 46.1 Å². The van der Waals surface area contributed by atoms with Gasteiger partial charge in [-0.15, -0.1) is 12.6 Å². The molecular weight excluding hydrogens is 358 g/mol. The van der Waals surface area contributed by atoms with Gasteiger partial charge in [0.15, 0.2) is 0 Å². The van der Waals surface area contributed by atoms with E-state index in [2.05, 4.69) is 28.6 Å². The lowest BCUT2D eigenvalue weighted by atomic mass is 10.1. The molecule has 0 heterocycles. The van der Waals surface area contributed by atoms with Gasteiger partial charge in [-0.1, -0.05) is 45.7 Å². The predicted octanol–water partition coefficient (Wildman–Crippen LogP) is 4.66. The SMILES string of the molecule is CN(Cc1ccccc1Cl)C(=O)c1ccc(Br)cc1S. The molecule has 2 nitrogen and oxygen atoms in total. The van der Waals surface area contributed by atoms with Gasteiger partial charge in [0.25, 0.3) is 5.91 Å². The van der Waals surface area contributed by atoms with Crippen LogP contribution in [0.2, 0.25) is 5.02 Å². The van der Waals surface area contributed by atoms with Crippen molar-refractivity contribution in [2.75, 3.05) is 7.05 Å². The number of halogens is 2. The summed E-state index contributed by atoms with van der Waals surface area (Å²) in [5, 5.41) is 0.661. The van der Waals surface area contributed by atoms with Crippen molar-refractivity contribution in [1.29, 1.82) is 0 Å². The molecule has 0 saturated heterocycles. The molecule has 0 radical (unpaired) electrons. The molecule has 0 aliphatic heterocycles. The average molecular weight is 371 g/mol. The van der Waals surface area contributed by atoms with Gasteiger partial charge in [0, 0.05) is 28.0 Å². The molecule has 2 rings (SSSR count). The standard InChI is InChI=1S/C15H13BrClNOS/c1-18(9-10-4-2-3-5-13(10)17)15(19)12-7-6-11(16)8-14(12)20/h2-8,20H,9H2,1H3. The van der Waals surface area contributed by atoms with E-state index in [-0.39, 0.29) is 5.91 Å². The molecule has 0 spiro atoms. The van der Waals surface area contributed by atoms with Crippen LogP contribution in [0.3, 0.4) is 0 Å². The third-order valence-corrected chi connectivity index (χ3v) is 4.13. The Morgan fingerprint density at radius 3 is 2.65 bits per heavy atom. The molecule has 20 heavy (non-hydrogen) atoms. The summed E-state index contributed by atoms with van der Waals surface area (Å²) in [5.74, 6) is -0.0811. The fourth-order valence-corrected chi connectivity index (χ4v) is 2.89. The normalized spacial score (nSPS) is 10.4. The number of thiol groups is 1. The largest absolute Gasteiger partial charge is 0.337 e. The van der Waals surface area contributed by atoms with Crippen LogP contribution in [0.25, 0.3) is 0 Å². The minimum absolute atomic E-state index is 0.0811. The zero-order valence-corrected chi connectivity index (χ0v) is 14.0. The van der Waals surface area contributed by atoms with E-state index in [9.17, 15) is 4.79 Å². The summed E-state index contributed by atoms with van der Waals surface area (Å²) in [6, 6.07) is 12.9. The van der Waals surface area contributed by atoms with E-state index in [1.807, 2.05) is 30.3 Å². The second-order valence-electron chi connectivity index (χ2n) is 4.41. The van der Waals surface area contributed by atoms with Gasteiger partial charge in [-0.05, 0) is 29.8 Å². The number of rotatable bonds is 3. The first-order chi connectivity index (χ1) is 9.49. The summed E-state index contributed by atoms with van der Waals surface area (Å²) in [4.78, 5) is 14.7. The molecule has 0 fully saturated rings. The van der Waals surface area contributed by atoms with Crippen LogP contribution in [0.5, 0.6) is 0 Å². The maximum Gasteiger partial charge on any atom is 0.255 e. The highest BCUT2D eigenvalue weighted by atomic mass is 79.9. The maximum absolute atomic E-state index is 12.4. The monoisotopic (exact) mass is 369 g/mol. The van der Waals surface area contributed by atoms with Crippen molar-refractivity contribution in [2.45, 2.75) is 11.4 Å². The topological polar surface area (TPSA) is 20.3 Å². The summed E-state index contributed by atoms with van der Waals surface area (Å²) < 4.78 is 0.896. The lowest BCUT2D eigenvalue weighted by Gasteiger charge is -2.19. The fraction of sp³-hybridized carbons (Fsp3) is 0.133. The molecule has 2 aromatic rings. The molecule has 0 bridgehead atoms. The van der Waals surface area contributed by atoms with E-state index in [0.29, 0.717) is 22.0 Å². The van der Waals surface area contributed by atoms with Gasteiger partial charge < -0.3 is 4.90 Å². The zero-order chi connectivity index (χ0) is 14.7. The van der Waals surface area contributed by atoms with Crippen LogP contribution < -0.4 is 0 Å². The first kappa shape index (κ1) is 15.4. The summed E-state index contributed by atoms with van der Waals surface area (Å²) in [6.07, 6.45) is 0. The van der Waals surface area contributed by atoms with Crippen LogP contribution in [-0.4, -0.2) is 17.9 Å². The molecule has 0 atom stereocenters. The van der Waals surface area contributed by atoms with Crippen molar-refractivity contribution in [3.63, 3.8) is 0 Å². The third-order valence-electron chi connectivity index (χ3n) is 2.90. The molecule has 2 aromatic carbocycles. The molecule has 1 amide bonds. The quantitative estimate of drug-likeness (QED) is 0.779. The van der Waals surface area contributed by atoms with Crippen molar-refractivity contribution in [3.05, 3.63) is 63.1 Å². The smallest absolute Gasteiger partial charge is 0.255 e. The summed E-state index contributed by atoms with van der Waals surface area (Å²) in [5.41, 5.74) is 1.49. The Hall–Kier alpha value is -0.970. The Labute approximate surface area is 137 Å². The summed E-state index contributed by atoms with van der Waals surface area (Å²) >= 11 is 13.8. The fourth-order valence-electron chi connectivity index (χ4n) is 1.85. The zero-order valence-electron chi connectivity index (χ0n) is 10.8. The second-order valence-corrected chi connectivity index (χ2v) is 6.22. The lowest BCUT2D eigenvalue weighted by Crippen LogP contribution is -2.26. The second kappa shape index (κ2) is 6.66. The van der Waals surface area contributed by atoms with Gasteiger partial charge >= 0.3 is 0 Å². The van der Waals surface area contributed by atoms with E-state index in [1.54, 1.807) is 24.1 Å². The van der Waals surface area contributed by atoms with Crippen molar-refractivity contribution in [1.82, 2.24) is 4.90 Å². The van der Waals surface area contributed by atoms with E-state index >= 15 is 0 Å². The molecule has 0 unspecified atom stereocenters. The highest BCUT2D eigenvalue weighted by Crippen LogP contribution is 2.22. The number of amides is 1. The number of carbonyl (C=O) groups excluding carboxylic acids is 1. The van der Waals surface area contributed by atoms with Crippen molar-refractivity contribution in [3.8, 4) is 0 Å². The summed E-state index contributed by atoms with van der Waals surface area (Å²) in [7, 11) is 1.75. The molecule has 104 valence electrons. The molecule has 0 aliphatic rings. The van der Waals surface area contributed by atoms with Crippen LogP contribution in [0, 0.1) is 0 Å². The van der Waals surface area contributed by atoms with E-state index < -0.39 is 0 Å². The van der Waals surface area contributed by atoms with Gasteiger partial charge in [-0.2, -0.15) is 0 Å². The highest BCUT2D eigenvalue weighted by Gasteiger charge is 2.15. The van der Waals surface area contributed by atoms with E-state index in [4.69, 9.17) is 11.6 Å². The molecule has 0 N–H and O–H groups in total. The predicted molar refractivity (Wildman–Crippen MR) is 88.6 cm³/mol. The van der Waals surface area contributed by atoms with Gasteiger partial charge in [0.2, 0.25) is 0 Å². The molecule has 0 saturated carbocycles. The third kappa shape index (κ3) is 3.57. The van der Waals surface area contributed by atoms with Crippen LogP contribution >= 0.6 is 40.2 Å². The molecular formula is C15H13BrClNOS. The Morgan fingerprint density at radius 1 is 1.30 bits per heavy atom. The van der Waals surface area contributed by atoms with E-state index in [0.717, 1.165) is 10.0 Å². The van der Waals surface area contributed by atoms with Crippen LogP contribution in [0.15, 0.2) is 51.8 Å². The van der Waals surface area contributed by atoms with Gasteiger partial charge in [0.1, 0.15) is 0 Å². The number of hydrogen-bond acceptors (Lipinski definition) is 2. The maximum atomic E-state index is 12.4. The van der Waals surface area contributed by atoms with Crippen molar-refractivity contribution in [2.24, 2.45) is 0 Å².